The van der Waals surface area contributed by atoms with E-state index >= 15 is 0 Å². The van der Waals surface area contributed by atoms with Crippen LogP contribution in [0, 0.1) is 0 Å². The molecule has 0 saturated heterocycles. The third-order valence-corrected chi connectivity index (χ3v) is 7.40. The van der Waals surface area contributed by atoms with Crippen LogP contribution >= 0.6 is 0 Å². The summed E-state index contributed by atoms with van der Waals surface area (Å²) in [7, 11) is -3.52. The predicted octanol–water partition coefficient (Wildman–Crippen LogP) is 1.91. The highest BCUT2D eigenvalue weighted by Crippen LogP contribution is 2.29. The van der Waals surface area contributed by atoms with Crippen LogP contribution in [0.15, 0.2) is 59.7 Å². The number of fused-ring (bicyclic) bond motifs is 1. The molecule has 0 bridgehead atoms. The minimum atomic E-state index is -3.52. The lowest BCUT2D eigenvalue weighted by molar-refractivity contribution is -0.133. The lowest BCUT2D eigenvalue weighted by atomic mass is 10.1. The van der Waals surface area contributed by atoms with Crippen LogP contribution in [-0.4, -0.2) is 56.3 Å². The number of hydrazone groups is 1. The number of nitrogens with one attached hydrogen (secondary N) is 1. The van der Waals surface area contributed by atoms with Crippen LogP contribution in [0.1, 0.15) is 30.4 Å². The molecule has 2 aromatic rings. The topological polar surface area (TPSA) is 99.1 Å². The number of anilines is 1. The zero-order valence-electron chi connectivity index (χ0n) is 17.7. The van der Waals surface area contributed by atoms with Crippen molar-refractivity contribution in [2.45, 2.75) is 25.7 Å². The first-order valence-corrected chi connectivity index (χ1v) is 12.3. The number of sulfonamides is 1. The number of benzene rings is 2. The summed E-state index contributed by atoms with van der Waals surface area (Å²) >= 11 is 0. The predicted molar refractivity (Wildman–Crippen MR) is 123 cm³/mol. The monoisotopic (exact) mass is 454 g/mol. The van der Waals surface area contributed by atoms with E-state index < -0.39 is 10.0 Å². The molecule has 1 N–H and O–H groups in total. The molecule has 0 unspecified atom stereocenters. The average molecular weight is 455 g/mol. The minimum absolute atomic E-state index is 0.00187. The molecule has 0 aliphatic carbocycles. The molecule has 0 atom stereocenters. The first-order valence-electron chi connectivity index (χ1n) is 10.7. The van der Waals surface area contributed by atoms with Gasteiger partial charge >= 0.3 is 0 Å². The van der Waals surface area contributed by atoms with Gasteiger partial charge in [-0.3, -0.25) is 13.9 Å². The van der Waals surface area contributed by atoms with E-state index in [4.69, 9.17) is 0 Å². The molecule has 2 aliphatic heterocycles. The summed E-state index contributed by atoms with van der Waals surface area (Å²) in [4.78, 5) is 24.5. The van der Waals surface area contributed by atoms with Gasteiger partial charge in [0.15, 0.2) is 0 Å². The molecule has 0 fully saturated rings. The molecule has 0 spiro atoms. The van der Waals surface area contributed by atoms with Gasteiger partial charge in [-0.25, -0.2) is 13.4 Å². The molecule has 4 rings (SSSR count). The van der Waals surface area contributed by atoms with Gasteiger partial charge in [-0.2, -0.15) is 5.10 Å². The zero-order valence-corrected chi connectivity index (χ0v) is 18.6. The molecule has 2 aliphatic rings. The van der Waals surface area contributed by atoms with Crippen molar-refractivity contribution < 1.29 is 18.0 Å². The van der Waals surface area contributed by atoms with Crippen molar-refractivity contribution in [2.75, 3.05) is 29.7 Å². The van der Waals surface area contributed by atoms with Gasteiger partial charge in [-0.05, 0) is 23.6 Å². The number of carbonyl (C=O) groups is 2. The van der Waals surface area contributed by atoms with E-state index in [1.165, 1.54) is 9.31 Å². The fraction of sp³-hybridized carbons (Fsp3) is 0.348. The highest BCUT2D eigenvalue weighted by atomic mass is 32.2. The van der Waals surface area contributed by atoms with Crippen LogP contribution in [0.2, 0.25) is 0 Å². The molecule has 2 heterocycles. The maximum Gasteiger partial charge on any atom is 0.243 e. The Morgan fingerprint density at radius 3 is 2.50 bits per heavy atom. The van der Waals surface area contributed by atoms with Crippen molar-refractivity contribution in [1.29, 1.82) is 0 Å². The van der Waals surface area contributed by atoms with Gasteiger partial charge in [0.25, 0.3) is 0 Å². The van der Waals surface area contributed by atoms with E-state index in [0.717, 1.165) is 16.8 Å². The number of rotatable bonds is 8. The number of nitrogens with zero attached hydrogens (tertiary/aromatic N) is 3. The summed E-state index contributed by atoms with van der Waals surface area (Å²) in [5.41, 5.74) is 3.57. The molecular weight excluding hydrogens is 428 g/mol. The molecule has 8 nitrogen and oxygen atoms in total. The largest absolute Gasteiger partial charge is 0.355 e. The van der Waals surface area contributed by atoms with Crippen molar-refractivity contribution in [3.8, 4) is 0 Å². The Hall–Kier alpha value is -3.20. The fourth-order valence-electron chi connectivity index (χ4n) is 3.94. The molecule has 9 heteroatoms. The summed E-state index contributed by atoms with van der Waals surface area (Å²) in [6, 6.07) is 17.1. The number of hydrogen-bond acceptors (Lipinski definition) is 5. The molecule has 2 aromatic carbocycles. The molecule has 0 radical (unpaired) electrons. The van der Waals surface area contributed by atoms with Crippen molar-refractivity contribution in [3.63, 3.8) is 0 Å². The quantitative estimate of drug-likeness (QED) is 0.659. The van der Waals surface area contributed by atoms with Gasteiger partial charge in [0.1, 0.15) is 0 Å². The minimum Gasteiger partial charge on any atom is -0.355 e. The van der Waals surface area contributed by atoms with Gasteiger partial charge in [-0.1, -0.05) is 48.5 Å². The zero-order chi connectivity index (χ0) is 22.6. The lowest BCUT2D eigenvalue weighted by Crippen LogP contribution is -2.37. The summed E-state index contributed by atoms with van der Waals surface area (Å²) < 4.78 is 26.7. The Labute approximate surface area is 188 Å². The Morgan fingerprint density at radius 1 is 0.938 bits per heavy atom. The van der Waals surface area contributed by atoms with E-state index in [-0.39, 0.29) is 37.0 Å². The van der Waals surface area contributed by atoms with Crippen LogP contribution in [0.25, 0.3) is 0 Å². The van der Waals surface area contributed by atoms with Crippen LogP contribution in [0.3, 0.4) is 0 Å². The number of amides is 2. The van der Waals surface area contributed by atoms with E-state index in [2.05, 4.69) is 10.4 Å². The van der Waals surface area contributed by atoms with Gasteiger partial charge in [0.2, 0.25) is 21.8 Å². The summed E-state index contributed by atoms with van der Waals surface area (Å²) in [5.74, 6) is -0.744. The van der Waals surface area contributed by atoms with E-state index in [0.29, 0.717) is 31.6 Å². The highest BCUT2D eigenvalue weighted by Gasteiger charge is 2.29. The Morgan fingerprint density at radius 2 is 1.69 bits per heavy atom. The SMILES string of the molecule is O=C(CCC(=O)N1CCC(c2ccccc2)=N1)NCCS(=O)(=O)N1CCc2ccccc21. The van der Waals surface area contributed by atoms with E-state index in [9.17, 15) is 18.0 Å². The van der Waals surface area contributed by atoms with Crippen LogP contribution in [-0.2, 0) is 26.0 Å². The van der Waals surface area contributed by atoms with Crippen molar-refractivity contribution in [2.24, 2.45) is 5.10 Å². The summed E-state index contributed by atoms with van der Waals surface area (Å²) in [6.45, 7) is 0.930. The third-order valence-electron chi connectivity index (χ3n) is 5.63. The Balaban J connectivity index is 1.21. The number of carbonyl (C=O) groups excluding carboxylic acids is 2. The van der Waals surface area contributed by atoms with Crippen LogP contribution in [0.4, 0.5) is 5.69 Å². The molecule has 2 amide bonds. The molecule has 32 heavy (non-hydrogen) atoms. The standard InChI is InChI=1S/C23H26N4O4S/c28-22(10-11-23(29)26-15-13-20(25-26)18-6-2-1-3-7-18)24-14-17-32(30,31)27-16-12-19-8-4-5-9-21(19)27/h1-9H,10-17H2,(H,24,28). The van der Waals surface area contributed by atoms with Crippen LogP contribution in [0.5, 0.6) is 0 Å². The smallest absolute Gasteiger partial charge is 0.243 e. The van der Waals surface area contributed by atoms with E-state index in [1.807, 2.05) is 48.5 Å². The normalized spacial score (nSPS) is 15.4. The molecular formula is C23H26N4O4S. The maximum absolute atomic E-state index is 12.7. The van der Waals surface area contributed by atoms with Crippen molar-refractivity contribution in [3.05, 3.63) is 65.7 Å². The average Bonchev–Trinajstić information content (AvgIpc) is 3.46. The lowest BCUT2D eigenvalue weighted by Gasteiger charge is -2.19. The van der Waals surface area contributed by atoms with Gasteiger partial charge in [0.05, 0.1) is 23.7 Å². The molecule has 0 aromatic heterocycles. The first-order chi connectivity index (χ1) is 15.4. The van der Waals surface area contributed by atoms with Gasteiger partial charge in [0, 0.05) is 32.4 Å². The van der Waals surface area contributed by atoms with Crippen LogP contribution < -0.4 is 9.62 Å². The third kappa shape index (κ3) is 4.99. The number of hydrogen-bond donors (Lipinski definition) is 1. The highest BCUT2D eigenvalue weighted by molar-refractivity contribution is 7.92. The second kappa shape index (κ2) is 9.52. The second-order valence-corrected chi connectivity index (χ2v) is 9.81. The Kier molecular flexibility index (Phi) is 6.55. The summed E-state index contributed by atoms with van der Waals surface area (Å²) in [6.07, 6.45) is 1.40. The molecule has 168 valence electrons. The summed E-state index contributed by atoms with van der Waals surface area (Å²) in [5, 5.41) is 8.40. The van der Waals surface area contributed by atoms with Gasteiger partial charge in [-0.15, -0.1) is 0 Å². The Bertz CT molecular complexity index is 1130. The van der Waals surface area contributed by atoms with Gasteiger partial charge < -0.3 is 5.32 Å². The van der Waals surface area contributed by atoms with Crippen molar-refractivity contribution in [1.82, 2.24) is 10.3 Å². The number of para-hydroxylation sites is 1. The molecule has 0 saturated carbocycles. The first kappa shape index (κ1) is 22.0. The maximum atomic E-state index is 12.7. The second-order valence-electron chi connectivity index (χ2n) is 7.80. The fourth-order valence-corrected chi connectivity index (χ4v) is 5.36. The van der Waals surface area contributed by atoms with E-state index in [1.54, 1.807) is 6.07 Å². The van der Waals surface area contributed by atoms with Crippen molar-refractivity contribution >= 4 is 33.2 Å².